The molecular formula is C34H34N2O7. The molecule has 3 aliphatic heterocycles. The molecule has 0 spiro atoms. The highest BCUT2D eigenvalue weighted by molar-refractivity contribution is 5.94. The van der Waals surface area contributed by atoms with Gasteiger partial charge in [0.05, 0.1) is 19.8 Å². The van der Waals surface area contributed by atoms with Crippen LogP contribution < -0.4 is 24.3 Å². The molecule has 9 nitrogen and oxygen atoms in total. The van der Waals surface area contributed by atoms with Gasteiger partial charge in [-0.1, -0.05) is 30.3 Å². The van der Waals surface area contributed by atoms with Gasteiger partial charge in [-0.2, -0.15) is 0 Å². The lowest BCUT2D eigenvalue weighted by atomic mass is 9.87. The predicted octanol–water partition coefficient (Wildman–Crippen LogP) is 5.24. The topological polar surface area (TPSA) is 99.5 Å². The summed E-state index contributed by atoms with van der Waals surface area (Å²) < 4.78 is 29.6. The maximum absolute atomic E-state index is 14.2. The molecule has 9 heteroatoms. The van der Waals surface area contributed by atoms with Crippen LogP contribution in [0, 0.1) is 6.92 Å². The summed E-state index contributed by atoms with van der Waals surface area (Å²) in [5.74, 6) is 2.82. The summed E-state index contributed by atoms with van der Waals surface area (Å²) in [5, 5.41) is 2.86. The quantitative estimate of drug-likeness (QED) is 0.344. The SMILES string of the molecule is COc1cc2c3cc1OCC(=O)NCCCOc1cccc(c1)C2N(C(=O)c1oc(COc2ccccc2)cc1C)CC3. The van der Waals surface area contributed by atoms with Gasteiger partial charge in [-0.25, -0.2) is 0 Å². The first-order valence-electron chi connectivity index (χ1n) is 14.4. The van der Waals surface area contributed by atoms with Gasteiger partial charge in [0.2, 0.25) is 0 Å². The number of benzene rings is 3. The van der Waals surface area contributed by atoms with E-state index in [2.05, 4.69) is 5.32 Å². The Morgan fingerprint density at radius 2 is 1.91 bits per heavy atom. The van der Waals surface area contributed by atoms with Gasteiger partial charge in [0, 0.05) is 18.7 Å². The Hall–Kier alpha value is -4.92. The van der Waals surface area contributed by atoms with E-state index in [1.54, 1.807) is 7.11 Å². The zero-order valence-electron chi connectivity index (χ0n) is 24.3. The molecule has 0 saturated heterocycles. The second-order valence-corrected chi connectivity index (χ2v) is 10.6. The Labute approximate surface area is 250 Å². The molecule has 3 aromatic carbocycles. The van der Waals surface area contributed by atoms with Crippen molar-refractivity contribution >= 4 is 11.8 Å². The molecule has 2 amide bonds. The highest BCUT2D eigenvalue weighted by atomic mass is 16.5. The van der Waals surface area contributed by atoms with Crippen LogP contribution in [0.5, 0.6) is 23.0 Å². The van der Waals surface area contributed by atoms with Crippen molar-refractivity contribution in [2.75, 3.05) is 33.4 Å². The molecule has 4 aromatic rings. The van der Waals surface area contributed by atoms with Crippen molar-refractivity contribution in [1.82, 2.24) is 10.2 Å². The average Bonchev–Trinajstić information content (AvgIpc) is 3.41. The summed E-state index contributed by atoms with van der Waals surface area (Å²) in [6, 6.07) is 22.5. The summed E-state index contributed by atoms with van der Waals surface area (Å²) in [6.07, 6.45) is 1.23. The minimum atomic E-state index is -0.438. The first-order valence-corrected chi connectivity index (χ1v) is 14.4. The van der Waals surface area contributed by atoms with Crippen molar-refractivity contribution in [2.45, 2.75) is 32.4 Å². The van der Waals surface area contributed by atoms with Gasteiger partial charge in [0.25, 0.3) is 11.8 Å². The number of fused-ring (bicyclic) bond motifs is 8. The fraction of sp³-hybridized carbons (Fsp3) is 0.294. The van der Waals surface area contributed by atoms with Crippen LogP contribution in [0.4, 0.5) is 0 Å². The van der Waals surface area contributed by atoms with E-state index in [1.807, 2.05) is 84.6 Å². The number of nitrogens with zero attached hydrogens (tertiary/aromatic N) is 1. The van der Waals surface area contributed by atoms with Crippen LogP contribution in [-0.4, -0.2) is 50.1 Å². The molecule has 1 unspecified atom stereocenters. The molecule has 0 aliphatic carbocycles. The molecule has 6 bridgehead atoms. The summed E-state index contributed by atoms with van der Waals surface area (Å²) in [4.78, 5) is 28.4. The summed E-state index contributed by atoms with van der Waals surface area (Å²) in [6.45, 7) is 3.30. The van der Waals surface area contributed by atoms with Crippen molar-refractivity contribution in [1.29, 1.82) is 0 Å². The molecule has 7 rings (SSSR count). The van der Waals surface area contributed by atoms with E-state index in [4.69, 9.17) is 23.4 Å². The molecule has 0 radical (unpaired) electrons. The van der Waals surface area contributed by atoms with Crippen LogP contribution in [0.3, 0.4) is 0 Å². The molecule has 0 fully saturated rings. The number of aryl methyl sites for hydroxylation is 1. The smallest absolute Gasteiger partial charge is 0.290 e. The maximum Gasteiger partial charge on any atom is 0.290 e. The Morgan fingerprint density at radius 3 is 2.74 bits per heavy atom. The van der Waals surface area contributed by atoms with Crippen LogP contribution in [0.25, 0.3) is 0 Å². The number of hydrogen-bond donors (Lipinski definition) is 1. The lowest BCUT2D eigenvalue weighted by molar-refractivity contribution is -0.123. The molecule has 1 N–H and O–H groups in total. The number of nitrogens with one attached hydrogen (secondary N) is 1. The third-order valence-corrected chi connectivity index (χ3v) is 7.65. The van der Waals surface area contributed by atoms with Gasteiger partial charge >= 0.3 is 0 Å². The van der Waals surface area contributed by atoms with E-state index in [1.165, 1.54) is 0 Å². The zero-order valence-corrected chi connectivity index (χ0v) is 24.3. The highest BCUT2D eigenvalue weighted by Crippen LogP contribution is 2.42. The second-order valence-electron chi connectivity index (χ2n) is 10.6. The van der Waals surface area contributed by atoms with Crippen LogP contribution in [0.2, 0.25) is 0 Å². The normalized spacial score (nSPS) is 16.6. The molecule has 0 saturated carbocycles. The number of ether oxygens (including phenoxy) is 4. The average molecular weight is 583 g/mol. The lowest BCUT2D eigenvalue weighted by Crippen LogP contribution is -2.40. The van der Waals surface area contributed by atoms with Gasteiger partial charge in [-0.15, -0.1) is 0 Å². The van der Waals surface area contributed by atoms with Crippen LogP contribution >= 0.6 is 0 Å². The van der Waals surface area contributed by atoms with Gasteiger partial charge in [-0.3, -0.25) is 9.59 Å². The van der Waals surface area contributed by atoms with E-state index in [-0.39, 0.29) is 30.8 Å². The van der Waals surface area contributed by atoms with Crippen molar-refractivity contribution in [3.8, 4) is 23.0 Å². The van der Waals surface area contributed by atoms with E-state index >= 15 is 0 Å². The van der Waals surface area contributed by atoms with Gasteiger partial charge in [0.1, 0.15) is 23.9 Å². The first kappa shape index (κ1) is 28.2. The molecule has 222 valence electrons. The second kappa shape index (κ2) is 12.5. The van der Waals surface area contributed by atoms with Crippen molar-refractivity contribution in [2.24, 2.45) is 0 Å². The lowest BCUT2D eigenvalue weighted by Gasteiger charge is -2.38. The minimum Gasteiger partial charge on any atom is -0.494 e. The van der Waals surface area contributed by atoms with Crippen LogP contribution in [-0.2, 0) is 17.8 Å². The van der Waals surface area contributed by atoms with E-state index in [0.29, 0.717) is 55.5 Å². The Balaban J connectivity index is 1.37. The van der Waals surface area contributed by atoms with E-state index in [0.717, 1.165) is 28.0 Å². The summed E-state index contributed by atoms with van der Waals surface area (Å²) in [7, 11) is 1.56. The molecule has 3 aliphatic rings. The molecule has 1 atom stereocenters. The van der Waals surface area contributed by atoms with E-state index < -0.39 is 6.04 Å². The maximum atomic E-state index is 14.2. The van der Waals surface area contributed by atoms with Gasteiger partial charge in [0.15, 0.2) is 23.9 Å². The summed E-state index contributed by atoms with van der Waals surface area (Å²) >= 11 is 0. The van der Waals surface area contributed by atoms with Crippen molar-refractivity contribution < 1.29 is 33.0 Å². The number of rotatable bonds is 5. The van der Waals surface area contributed by atoms with Gasteiger partial charge < -0.3 is 33.6 Å². The fourth-order valence-corrected chi connectivity index (χ4v) is 5.57. The Kier molecular flexibility index (Phi) is 8.22. The standard InChI is InChI=1S/C34H34N2O7/c1-22-16-27(20-41-25-9-4-3-5-10-25)43-33(22)34(38)36-14-12-23-18-30-29(39-2)19-28(23)32(36)24-8-6-11-26(17-24)40-15-7-13-35-31(37)21-42-30/h3-6,8-11,16-19,32H,7,12-15,20-21H2,1-2H3,(H,35,37). The molecule has 43 heavy (non-hydrogen) atoms. The Morgan fingerprint density at radius 1 is 1.05 bits per heavy atom. The number of carbonyl (C=O) groups is 2. The minimum absolute atomic E-state index is 0.128. The Bertz CT molecular complexity index is 1610. The fourth-order valence-electron chi connectivity index (χ4n) is 5.57. The highest BCUT2D eigenvalue weighted by Gasteiger charge is 2.36. The zero-order chi connectivity index (χ0) is 29.8. The number of methoxy groups -OCH3 is 1. The number of hydrogen-bond acceptors (Lipinski definition) is 7. The van der Waals surface area contributed by atoms with Crippen molar-refractivity contribution in [3.63, 3.8) is 0 Å². The molecular weight excluding hydrogens is 548 g/mol. The van der Waals surface area contributed by atoms with E-state index in [9.17, 15) is 9.59 Å². The van der Waals surface area contributed by atoms with Crippen LogP contribution in [0.15, 0.2) is 77.2 Å². The third kappa shape index (κ3) is 6.16. The predicted molar refractivity (Wildman–Crippen MR) is 159 cm³/mol. The number of furan rings is 1. The largest absolute Gasteiger partial charge is 0.494 e. The molecule has 1 aromatic heterocycles. The van der Waals surface area contributed by atoms with Crippen LogP contribution in [0.1, 0.15) is 51.0 Å². The third-order valence-electron chi connectivity index (χ3n) is 7.65. The number of amides is 2. The first-order chi connectivity index (χ1) is 21.0. The molecule has 4 heterocycles. The monoisotopic (exact) mass is 582 g/mol. The van der Waals surface area contributed by atoms with Crippen molar-refractivity contribution in [3.05, 3.63) is 107 Å². The van der Waals surface area contributed by atoms with Gasteiger partial charge in [-0.05, 0) is 78.9 Å². The number of para-hydroxylation sites is 1. The summed E-state index contributed by atoms with van der Waals surface area (Å²) in [5.41, 5.74) is 3.57. The number of carbonyl (C=O) groups excluding carboxylic acids is 2.